The predicted molar refractivity (Wildman–Crippen MR) is 167 cm³/mol. The number of fused-ring (bicyclic) bond motifs is 2. The Balaban J connectivity index is 0.000000297. The van der Waals surface area contributed by atoms with Crippen LogP contribution in [0.2, 0.25) is 0 Å². The molecule has 9 unspecified atom stereocenters. The first kappa shape index (κ1) is 33.0. The van der Waals surface area contributed by atoms with Gasteiger partial charge in [-0.2, -0.15) is 0 Å². The monoisotopic (exact) mass is 619 g/mol. The number of Topliss-reactive ketones (excluding diaryl/α,β-unsaturated/α-hetero) is 1. The smallest absolute Gasteiger partial charge is 0.259 e. The average molecular weight is 619 g/mol. The van der Waals surface area contributed by atoms with Gasteiger partial charge in [0.15, 0.2) is 11.5 Å². The van der Waals surface area contributed by atoms with Crippen LogP contribution in [0, 0.1) is 5.92 Å². The molecule has 15 heteroatoms. The van der Waals surface area contributed by atoms with Gasteiger partial charge in [-0.25, -0.2) is 0 Å². The first-order chi connectivity index (χ1) is 16.3. The highest BCUT2D eigenvalue weighted by Crippen LogP contribution is 2.65. The van der Waals surface area contributed by atoms with E-state index in [1.165, 1.54) is 0 Å². The zero-order valence-corrected chi connectivity index (χ0v) is 29.0. The maximum absolute atomic E-state index is 12.0. The quantitative estimate of drug-likeness (QED) is 0.371. The topological polar surface area (TPSA) is 89.4 Å². The van der Waals surface area contributed by atoms with Crippen molar-refractivity contribution in [3.05, 3.63) is 22.6 Å². The zero-order chi connectivity index (χ0) is 26.0. The van der Waals surface area contributed by atoms with Crippen LogP contribution in [0.5, 0.6) is 0 Å². The second-order valence-corrected chi connectivity index (χ2v) is 25.0. The highest BCUT2D eigenvalue weighted by Gasteiger charge is 2.33. The number of rotatable bonds is 4. The van der Waals surface area contributed by atoms with Crippen LogP contribution < -0.4 is 10.9 Å². The summed E-state index contributed by atoms with van der Waals surface area (Å²) in [6.45, 7) is 10.7. The number of carbonyl (C=O) groups excluding carboxylic acids is 2. The van der Waals surface area contributed by atoms with Crippen molar-refractivity contribution < 1.29 is 18.6 Å². The molecule has 9 atom stereocenters. The summed E-state index contributed by atoms with van der Waals surface area (Å²) in [6, 6.07) is 0. The fourth-order valence-electron chi connectivity index (χ4n) is 3.17. The normalized spacial score (nSPS) is 18.9. The molecule has 0 saturated heterocycles. The molecule has 1 aliphatic carbocycles. The molecule has 7 nitrogen and oxygen atoms in total. The van der Waals surface area contributed by atoms with Gasteiger partial charge in [-0.05, 0) is 21.0 Å². The van der Waals surface area contributed by atoms with Gasteiger partial charge in [0.05, 0.1) is 5.56 Å². The standard InChI is InChI=1S/C8H13NO2P4.C7H12N2O2P4.2C2H6/c1-4-2-3-5-6(7(4)10)8(9-11-5)15(13)14-12;1-9-3-2-4-5(7(9)10)6(8-11-4)15(13)14-12;2*1-2/h4,14H,2-3,12-13H2,1H3;14H,2-3,12-13H2,1H3;2*1-2H3. The number of hydrogen-bond acceptors (Lipinski definition) is 6. The molecule has 0 radical (unpaired) electrons. The number of aryl methyl sites for hydroxylation is 1. The van der Waals surface area contributed by atoms with E-state index in [-0.39, 0.29) is 17.6 Å². The van der Waals surface area contributed by atoms with Gasteiger partial charge < -0.3 is 13.9 Å². The van der Waals surface area contributed by atoms with E-state index in [1.807, 2.05) is 41.7 Å². The molecule has 0 aromatic carbocycles. The molecule has 3 heterocycles. The van der Waals surface area contributed by atoms with Crippen molar-refractivity contribution in [1.82, 2.24) is 15.2 Å². The molecule has 0 fully saturated rings. The summed E-state index contributed by atoms with van der Waals surface area (Å²) in [7, 11) is 13.3. The number of nitrogens with zero attached hydrogens (tertiary/aromatic N) is 3. The summed E-state index contributed by atoms with van der Waals surface area (Å²) in [5, 5.41) is 8.09. The van der Waals surface area contributed by atoms with Crippen LogP contribution in [0.1, 0.15) is 73.3 Å². The Morgan fingerprint density at radius 1 is 0.912 bits per heavy atom. The Bertz CT molecular complexity index is 865. The molecule has 34 heavy (non-hydrogen) atoms. The highest BCUT2D eigenvalue weighted by atomic mass is 32.6. The molecule has 2 aliphatic rings. The number of ketones is 1. The van der Waals surface area contributed by atoms with Crippen molar-refractivity contribution in [2.75, 3.05) is 13.6 Å². The van der Waals surface area contributed by atoms with Gasteiger partial charge in [0, 0.05) is 32.4 Å². The molecule has 2 aromatic heterocycles. The van der Waals surface area contributed by atoms with E-state index in [0.29, 0.717) is 21.5 Å². The predicted octanol–water partition coefficient (Wildman–Crippen LogP) is 6.36. The number of likely N-dealkylation sites (N-methyl/N-ethyl adjacent to an activating group) is 1. The van der Waals surface area contributed by atoms with Gasteiger partial charge in [-0.3, -0.25) is 9.59 Å². The molecule has 0 bridgehead atoms. The van der Waals surface area contributed by atoms with Crippen molar-refractivity contribution in [2.24, 2.45) is 5.92 Å². The second-order valence-electron chi connectivity index (χ2n) is 6.89. The van der Waals surface area contributed by atoms with E-state index in [2.05, 4.69) is 46.0 Å². The molecule has 0 saturated carbocycles. The Hall–Kier alpha value is 1.000. The third kappa shape index (κ3) is 8.00. The van der Waals surface area contributed by atoms with Crippen LogP contribution in [-0.2, 0) is 12.8 Å². The maximum atomic E-state index is 12.0. The SMILES string of the molecule is CC.CC.CC1CCc2onc(P(P)PP)c2C1=O.CN1CCc2onc(P(P)PP)c2C1=O. The molecule has 2 aromatic rings. The highest BCUT2D eigenvalue weighted by molar-refractivity contribution is 8.63. The lowest BCUT2D eigenvalue weighted by Gasteiger charge is -2.21. The molecule has 0 N–H and O–H groups in total. The van der Waals surface area contributed by atoms with Crippen LogP contribution in [0.25, 0.3) is 0 Å². The maximum Gasteiger partial charge on any atom is 0.259 e. The lowest BCUT2D eigenvalue weighted by molar-refractivity contribution is 0.0774. The molecule has 4 rings (SSSR count). The van der Waals surface area contributed by atoms with E-state index in [9.17, 15) is 9.59 Å². The number of carbonyl (C=O) groups is 2. The largest absolute Gasteiger partial charge is 0.360 e. The molecule has 1 aliphatic heterocycles. The minimum absolute atomic E-state index is 0.0469. The summed E-state index contributed by atoms with van der Waals surface area (Å²) in [5.41, 5.74) is 3.22. The fourth-order valence-corrected chi connectivity index (χ4v) is 9.52. The summed E-state index contributed by atoms with van der Waals surface area (Å²) in [6.07, 6.45) is 2.51. The summed E-state index contributed by atoms with van der Waals surface area (Å²) >= 11 is 0. The van der Waals surface area contributed by atoms with E-state index < -0.39 is 14.6 Å². The summed E-state index contributed by atoms with van der Waals surface area (Å²) < 4.78 is 10.5. The van der Waals surface area contributed by atoms with E-state index in [4.69, 9.17) is 9.05 Å². The van der Waals surface area contributed by atoms with Gasteiger partial charge >= 0.3 is 0 Å². The Kier molecular flexibility index (Phi) is 16.3. The molecule has 1 amide bonds. The zero-order valence-electron chi connectivity index (χ0n) is 20.6. The van der Waals surface area contributed by atoms with Gasteiger partial charge in [-0.15, -0.1) is 35.7 Å². The lowest BCUT2D eigenvalue weighted by Crippen LogP contribution is -2.35. The van der Waals surface area contributed by atoms with Crippen LogP contribution in [-0.4, -0.2) is 40.5 Å². The molecular formula is C19H37N3O4P8. The summed E-state index contributed by atoms with van der Waals surface area (Å²) in [4.78, 5) is 25.7. The van der Waals surface area contributed by atoms with Crippen LogP contribution >= 0.6 is 66.2 Å². The second kappa shape index (κ2) is 16.8. The van der Waals surface area contributed by atoms with Crippen molar-refractivity contribution in [2.45, 2.75) is 53.9 Å². The van der Waals surface area contributed by atoms with Crippen molar-refractivity contribution in [3.8, 4) is 0 Å². The Labute approximate surface area is 218 Å². The van der Waals surface area contributed by atoms with Crippen molar-refractivity contribution in [1.29, 1.82) is 0 Å². The molecule has 0 spiro atoms. The van der Waals surface area contributed by atoms with Crippen molar-refractivity contribution >= 4 is 88.8 Å². The average Bonchev–Trinajstić information content (AvgIpc) is 3.51. The van der Waals surface area contributed by atoms with Crippen LogP contribution in [0.3, 0.4) is 0 Å². The Morgan fingerprint density at radius 3 is 1.88 bits per heavy atom. The summed E-state index contributed by atoms with van der Waals surface area (Å²) in [5.74, 6) is 1.94. The number of aromatic nitrogens is 2. The Morgan fingerprint density at radius 2 is 1.38 bits per heavy atom. The molecular weight excluding hydrogens is 582 g/mol. The van der Waals surface area contributed by atoms with E-state index in [0.717, 1.165) is 53.8 Å². The third-order valence-corrected chi connectivity index (χ3v) is 24.5. The molecule has 192 valence electrons. The van der Waals surface area contributed by atoms with Crippen molar-refractivity contribution in [3.63, 3.8) is 0 Å². The first-order valence-corrected chi connectivity index (χ1v) is 24.3. The van der Waals surface area contributed by atoms with Crippen LogP contribution in [0.15, 0.2) is 9.05 Å². The minimum atomic E-state index is -0.442. The van der Waals surface area contributed by atoms with E-state index in [1.54, 1.807) is 4.90 Å². The minimum Gasteiger partial charge on any atom is -0.360 e. The van der Waals surface area contributed by atoms with Crippen LogP contribution in [0.4, 0.5) is 0 Å². The third-order valence-electron chi connectivity index (χ3n) is 4.96. The fraction of sp³-hybridized carbons (Fsp3) is 0.579. The number of hydrogen-bond donors (Lipinski definition) is 0. The first-order valence-electron chi connectivity index (χ1n) is 11.1. The number of amides is 1. The van der Waals surface area contributed by atoms with E-state index >= 15 is 0 Å². The van der Waals surface area contributed by atoms with Gasteiger partial charge in [0.2, 0.25) is 0 Å². The van der Waals surface area contributed by atoms with Gasteiger partial charge in [0.1, 0.15) is 22.2 Å². The van der Waals surface area contributed by atoms with Gasteiger partial charge in [0.25, 0.3) is 5.91 Å². The lowest BCUT2D eigenvalue weighted by atomic mass is 9.88. The van der Waals surface area contributed by atoms with Gasteiger partial charge in [-0.1, -0.05) is 60.8 Å².